The fourth-order valence-corrected chi connectivity index (χ4v) is 4.90. The van der Waals surface area contributed by atoms with Crippen LogP contribution >= 0.6 is 23.2 Å². The molecule has 0 aromatic heterocycles. The van der Waals surface area contributed by atoms with E-state index in [0.29, 0.717) is 36.3 Å². The van der Waals surface area contributed by atoms with Gasteiger partial charge in [0.1, 0.15) is 11.0 Å². The number of ether oxygens (including phenoxy) is 1. The Hall–Kier alpha value is -0.990. The molecule has 152 valence electrons. The molecule has 0 aliphatic carbocycles. The highest BCUT2D eigenvalue weighted by Gasteiger charge is 2.27. The number of nitrogens with one attached hydrogen (secondary N) is 1. The van der Waals surface area contributed by atoms with Crippen molar-refractivity contribution in [3.05, 3.63) is 63.1 Å². The van der Waals surface area contributed by atoms with Crippen LogP contribution in [0.25, 0.3) is 0 Å². The second-order valence-electron chi connectivity index (χ2n) is 6.84. The van der Waals surface area contributed by atoms with Crippen LogP contribution in [0.5, 0.6) is 0 Å². The van der Waals surface area contributed by atoms with Crippen molar-refractivity contribution in [3.8, 4) is 0 Å². The van der Waals surface area contributed by atoms with Crippen molar-refractivity contribution in [3.63, 3.8) is 0 Å². The average molecular weight is 442 g/mol. The summed E-state index contributed by atoms with van der Waals surface area (Å²) in [6, 6.07) is 11.7. The van der Waals surface area contributed by atoms with E-state index in [4.69, 9.17) is 33.7 Å². The molecule has 2 unspecified atom stereocenters. The van der Waals surface area contributed by atoms with E-state index in [2.05, 4.69) is 22.7 Å². The molecule has 0 fully saturated rings. The molecule has 0 radical (unpaired) electrons. The number of hydrogen-bond acceptors (Lipinski definition) is 4. The molecule has 1 aliphatic heterocycles. The number of nitrogens with zero attached hydrogens (tertiary/aromatic N) is 1. The molecular formula is C20H25Cl2N3O2S. The van der Waals surface area contributed by atoms with Gasteiger partial charge in [0.2, 0.25) is 0 Å². The molecule has 2 aromatic carbocycles. The van der Waals surface area contributed by atoms with Gasteiger partial charge in [0.25, 0.3) is 0 Å². The summed E-state index contributed by atoms with van der Waals surface area (Å²) in [7, 11) is 0.769. The van der Waals surface area contributed by atoms with Gasteiger partial charge >= 0.3 is 0 Å². The summed E-state index contributed by atoms with van der Waals surface area (Å²) in [6.07, 6.45) is 0. The van der Waals surface area contributed by atoms with Crippen molar-refractivity contribution in [2.45, 2.75) is 17.4 Å². The number of hydrogen-bond donors (Lipinski definition) is 2. The number of rotatable bonds is 8. The quantitative estimate of drug-likeness (QED) is 0.617. The summed E-state index contributed by atoms with van der Waals surface area (Å²) in [4.78, 5) is 2.97. The van der Waals surface area contributed by atoms with Crippen LogP contribution in [-0.4, -0.2) is 49.0 Å². The first-order valence-corrected chi connectivity index (χ1v) is 11.1. The summed E-state index contributed by atoms with van der Waals surface area (Å²) < 4.78 is 20.9. The second kappa shape index (κ2) is 10.2. The Bertz CT molecular complexity index is 850. The number of likely N-dealkylation sites (N-methyl/N-ethyl adjacent to an activating group) is 1. The zero-order chi connectivity index (χ0) is 20.1. The Labute approximate surface area is 178 Å². The highest BCUT2D eigenvalue weighted by atomic mass is 35.5. The molecule has 0 spiro atoms. The molecule has 0 bridgehead atoms. The van der Waals surface area contributed by atoms with Gasteiger partial charge in [-0.25, -0.2) is 8.93 Å². The minimum atomic E-state index is -1.31. The third-order valence-electron chi connectivity index (χ3n) is 4.71. The number of fused-ring (bicyclic) bond motifs is 1. The standard InChI is InChI=1S/C20H25Cl2N3O2S/c1-25-12-18(17-10-15(21)11-20(22)19(17)13-25)14-3-2-4-16(9-14)28(26)24-6-8-27-7-5-23/h2-4,9-11,18,24H,5-8,12-13,23H2,1H3. The molecular weight excluding hydrogens is 417 g/mol. The van der Waals surface area contributed by atoms with Crippen LogP contribution in [0.4, 0.5) is 0 Å². The summed E-state index contributed by atoms with van der Waals surface area (Å²) >= 11 is 12.7. The third-order valence-corrected chi connectivity index (χ3v) is 6.41. The average Bonchev–Trinajstić information content (AvgIpc) is 2.68. The predicted octanol–water partition coefficient (Wildman–Crippen LogP) is 3.16. The first-order chi connectivity index (χ1) is 13.5. The Balaban J connectivity index is 1.80. The van der Waals surface area contributed by atoms with Gasteiger partial charge in [-0.3, -0.25) is 0 Å². The fourth-order valence-electron chi connectivity index (χ4n) is 3.45. The summed E-state index contributed by atoms with van der Waals surface area (Å²) in [6.45, 7) is 3.59. The lowest BCUT2D eigenvalue weighted by Crippen LogP contribution is -2.31. The maximum Gasteiger partial charge on any atom is 0.124 e. The molecule has 3 N–H and O–H groups in total. The number of nitrogens with two attached hydrogens (primary N) is 1. The molecule has 1 heterocycles. The van der Waals surface area contributed by atoms with E-state index in [0.717, 1.165) is 34.7 Å². The molecule has 8 heteroatoms. The normalized spacial score (nSPS) is 18.1. The van der Waals surface area contributed by atoms with Crippen LogP contribution in [0, 0.1) is 0 Å². The van der Waals surface area contributed by atoms with Gasteiger partial charge in [-0.1, -0.05) is 35.3 Å². The predicted molar refractivity (Wildman–Crippen MR) is 115 cm³/mol. The van der Waals surface area contributed by atoms with Crippen molar-refractivity contribution >= 4 is 34.2 Å². The highest BCUT2D eigenvalue weighted by molar-refractivity contribution is 7.83. The monoisotopic (exact) mass is 441 g/mol. The first-order valence-electron chi connectivity index (χ1n) is 9.19. The van der Waals surface area contributed by atoms with E-state index >= 15 is 0 Å². The lowest BCUT2D eigenvalue weighted by Gasteiger charge is -2.33. The first kappa shape index (κ1) is 21.7. The minimum absolute atomic E-state index is 0.120. The van der Waals surface area contributed by atoms with E-state index < -0.39 is 11.0 Å². The van der Waals surface area contributed by atoms with E-state index in [9.17, 15) is 4.21 Å². The molecule has 3 rings (SSSR count). The molecule has 0 saturated heterocycles. The SMILES string of the molecule is CN1Cc2c(Cl)cc(Cl)cc2C(c2cccc(S(=O)NCCOCCN)c2)C1. The Morgan fingerprint density at radius 1 is 1.29 bits per heavy atom. The van der Waals surface area contributed by atoms with Gasteiger partial charge in [-0.05, 0) is 48.0 Å². The molecule has 0 saturated carbocycles. The van der Waals surface area contributed by atoms with E-state index in [1.807, 2.05) is 24.3 Å². The van der Waals surface area contributed by atoms with Crippen molar-refractivity contribution in [1.82, 2.24) is 9.62 Å². The second-order valence-corrected chi connectivity index (χ2v) is 8.98. The third kappa shape index (κ3) is 5.33. The minimum Gasteiger partial charge on any atom is -0.379 e. The topological polar surface area (TPSA) is 67.6 Å². The maximum absolute atomic E-state index is 12.6. The van der Waals surface area contributed by atoms with Gasteiger partial charge < -0.3 is 15.4 Å². The van der Waals surface area contributed by atoms with Gasteiger partial charge in [-0.2, -0.15) is 0 Å². The van der Waals surface area contributed by atoms with Crippen molar-refractivity contribution < 1.29 is 8.95 Å². The van der Waals surface area contributed by atoms with Gasteiger partial charge in [0, 0.05) is 42.1 Å². The fraction of sp³-hybridized carbons (Fsp3) is 0.400. The zero-order valence-electron chi connectivity index (χ0n) is 15.8. The smallest absolute Gasteiger partial charge is 0.124 e. The molecule has 2 aromatic rings. The lowest BCUT2D eigenvalue weighted by atomic mass is 9.85. The number of halogens is 2. The molecule has 0 amide bonds. The van der Waals surface area contributed by atoms with Crippen LogP contribution < -0.4 is 10.5 Å². The van der Waals surface area contributed by atoms with Gasteiger partial charge in [0.05, 0.1) is 18.1 Å². The molecule has 2 atom stereocenters. The summed E-state index contributed by atoms with van der Waals surface area (Å²) in [5, 5.41) is 1.33. The van der Waals surface area contributed by atoms with Crippen LogP contribution in [0.3, 0.4) is 0 Å². The summed E-state index contributed by atoms with van der Waals surface area (Å²) in [5.41, 5.74) is 8.73. The summed E-state index contributed by atoms with van der Waals surface area (Å²) in [5.74, 6) is 0.120. The lowest BCUT2D eigenvalue weighted by molar-refractivity contribution is 0.147. The van der Waals surface area contributed by atoms with Gasteiger partial charge in [-0.15, -0.1) is 0 Å². The van der Waals surface area contributed by atoms with Gasteiger partial charge in [0.15, 0.2) is 0 Å². The van der Waals surface area contributed by atoms with Crippen LogP contribution in [0.1, 0.15) is 22.6 Å². The molecule has 1 aliphatic rings. The Morgan fingerprint density at radius 3 is 2.89 bits per heavy atom. The van der Waals surface area contributed by atoms with Crippen LogP contribution in [0.15, 0.2) is 41.3 Å². The molecule has 5 nitrogen and oxygen atoms in total. The molecule has 28 heavy (non-hydrogen) atoms. The van der Waals surface area contributed by atoms with E-state index in [-0.39, 0.29) is 5.92 Å². The van der Waals surface area contributed by atoms with E-state index in [1.54, 1.807) is 6.07 Å². The van der Waals surface area contributed by atoms with Crippen molar-refractivity contribution in [2.24, 2.45) is 5.73 Å². The van der Waals surface area contributed by atoms with Crippen molar-refractivity contribution in [1.29, 1.82) is 0 Å². The Kier molecular flexibility index (Phi) is 7.88. The van der Waals surface area contributed by atoms with Crippen LogP contribution in [0.2, 0.25) is 10.0 Å². The Morgan fingerprint density at radius 2 is 2.11 bits per heavy atom. The maximum atomic E-state index is 12.6. The van der Waals surface area contributed by atoms with Crippen molar-refractivity contribution in [2.75, 3.05) is 39.9 Å². The number of benzene rings is 2. The largest absolute Gasteiger partial charge is 0.379 e. The van der Waals surface area contributed by atoms with E-state index in [1.165, 1.54) is 0 Å². The highest BCUT2D eigenvalue weighted by Crippen LogP contribution is 2.38. The van der Waals surface area contributed by atoms with Crippen LogP contribution in [-0.2, 0) is 22.3 Å². The zero-order valence-corrected chi connectivity index (χ0v) is 18.1.